The fourth-order valence-corrected chi connectivity index (χ4v) is 3.64. The van der Waals surface area contributed by atoms with E-state index in [0.717, 1.165) is 6.07 Å². The van der Waals surface area contributed by atoms with Gasteiger partial charge in [-0.05, 0) is 44.6 Å². The van der Waals surface area contributed by atoms with Crippen LogP contribution in [0.4, 0.5) is 10.1 Å². The van der Waals surface area contributed by atoms with Gasteiger partial charge in [0.15, 0.2) is 0 Å². The number of likely N-dealkylation sites (N-methyl/N-ethyl adjacent to an activating group) is 1. The summed E-state index contributed by atoms with van der Waals surface area (Å²) in [6.45, 7) is 6.02. The van der Waals surface area contributed by atoms with Crippen LogP contribution in [0.5, 0.6) is 0 Å². The van der Waals surface area contributed by atoms with Crippen molar-refractivity contribution in [2.24, 2.45) is 5.92 Å². The molecule has 21 heavy (non-hydrogen) atoms. The Morgan fingerprint density at radius 2 is 1.90 bits per heavy atom. The average molecular weight is 317 g/mol. The zero-order valence-electron chi connectivity index (χ0n) is 13.1. The Morgan fingerprint density at radius 3 is 2.38 bits per heavy atom. The third-order valence-corrected chi connectivity index (χ3v) is 4.89. The van der Waals surface area contributed by atoms with Crippen molar-refractivity contribution < 1.29 is 12.8 Å². The third-order valence-electron chi connectivity index (χ3n) is 3.26. The van der Waals surface area contributed by atoms with E-state index in [1.54, 1.807) is 6.92 Å². The van der Waals surface area contributed by atoms with E-state index < -0.39 is 15.8 Å². The van der Waals surface area contributed by atoms with E-state index in [0.29, 0.717) is 12.1 Å². The van der Waals surface area contributed by atoms with Gasteiger partial charge in [-0.2, -0.15) is 0 Å². The fourth-order valence-electron chi connectivity index (χ4n) is 2.00. The van der Waals surface area contributed by atoms with Crippen LogP contribution in [-0.2, 0) is 10.0 Å². The maximum Gasteiger partial charge on any atom is 0.241 e. The molecular formula is C14H24FN3O2S. The zero-order valence-corrected chi connectivity index (χ0v) is 14.0. The van der Waals surface area contributed by atoms with Gasteiger partial charge >= 0.3 is 0 Å². The van der Waals surface area contributed by atoms with E-state index in [1.165, 1.54) is 6.07 Å². The van der Waals surface area contributed by atoms with Crippen molar-refractivity contribution in [2.45, 2.75) is 31.7 Å². The second kappa shape index (κ2) is 6.72. The number of benzene rings is 1. The molecule has 1 atom stereocenters. The first kappa shape index (κ1) is 17.9. The molecule has 0 aliphatic rings. The molecule has 0 spiro atoms. The van der Waals surface area contributed by atoms with E-state index in [2.05, 4.69) is 4.72 Å². The summed E-state index contributed by atoms with van der Waals surface area (Å²) in [5, 5.41) is 0. The molecule has 3 N–H and O–H groups in total. The van der Waals surface area contributed by atoms with Crippen LogP contribution >= 0.6 is 0 Å². The monoisotopic (exact) mass is 317 g/mol. The second-order valence-corrected chi connectivity index (χ2v) is 7.56. The number of halogens is 1. The summed E-state index contributed by atoms with van der Waals surface area (Å²) < 4.78 is 41.1. The minimum absolute atomic E-state index is 0.0193. The first-order chi connectivity index (χ1) is 9.54. The van der Waals surface area contributed by atoms with Crippen molar-refractivity contribution in [1.29, 1.82) is 0 Å². The maximum absolute atomic E-state index is 13.4. The number of nitrogens with one attached hydrogen (secondary N) is 1. The Bertz CT molecular complexity index is 600. The zero-order chi connectivity index (χ0) is 16.4. The van der Waals surface area contributed by atoms with Crippen molar-refractivity contribution in [1.82, 2.24) is 9.62 Å². The molecule has 1 aromatic rings. The van der Waals surface area contributed by atoms with Gasteiger partial charge in [0.1, 0.15) is 5.82 Å². The SMILES string of the molecule is Cc1cc(F)c(N)cc1S(=O)(=O)NC(CN(C)C)C(C)C. The summed E-state index contributed by atoms with van der Waals surface area (Å²) in [6, 6.07) is 2.07. The molecule has 0 aliphatic carbocycles. The quantitative estimate of drug-likeness (QED) is 0.781. The Labute approximate surface area is 126 Å². The maximum atomic E-state index is 13.4. The Hall–Kier alpha value is -1.18. The van der Waals surface area contributed by atoms with Crippen LogP contribution in [0, 0.1) is 18.7 Å². The lowest BCUT2D eigenvalue weighted by atomic mass is 10.1. The van der Waals surface area contributed by atoms with Gasteiger partial charge in [-0.3, -0.25) is 0 Å². The number of hydrogen-bond acceptors (Lipinski definition) is 4. The van der Waals surface area contributed by atoms with Crippen molar-refractivity contribution in [2.75, 3.05) is 26.4 Å². The van der Waals surface area contributed by atoms with Gasteiger partial charge in [0.25, 0.3) is 0 Å². The standard InChI is InChI=1S/C14H24FN3O2S/c1-9(2)13(8-18(4)5)17-21(19,20)14-7-12(16)11(15)6-10(14)3/h6-7,9,13,17H,8,16H2,1-5H3. The lowest BCUT2D eigenvalue weighted by Gasteiger charge is -2.25. The molecule has 0 aromatic heterocycles. The van der Waals surface area contributed by atoms with Crippen LogP contribution in [0.1, 0.15) is 19.4 Å². The molecule has 5 nitrogen and oxygen atoms in total. The van der Waals surface area contributed by atoms with Gasteiger partial charge in [0.05, 0.1) is 10.6 Å². The summed E-state index contributed by atoms with van der Waals surface area (Å²) in [5.74, 6) is -0.486. The van der Waals surface area contributed by atoms with E-state index in [-0.39, 0.29) is 22.5 Å². The van der Waals surface area contributed by atoms with Crippen molar-refractivity contribution in [3.8, 4) is 0 Å². The lowest BCUT2D eigenvalue weighted by molar-refractivity contribution is 0.314. The Morgan fingerprint density at radius 1 is 1.33 bits per heavy atom. The predicted octanol–water partition coefficient (Wildman–Crippen LogP) is 1.58. The summed E-state index contributed by atoms with van der Waals surface area (Å²) in [5.41, 5.74) is 5.65. The van der Waals surface area contributed by atoms with Gasteiger partial charge in [0, 0.05) is 12.6 Å². The number of sulfonamides is 1. The van der Waals surface area contributed by atoms with Crippen molar-refractivity contribution in [3.05, 3.63) is 23.5 Å². The number of hydrogen-bond donors (Lipinski definition) is 2. The van der Waals surface area contributed by atoms with Crippen LogP contribution in [0.3, 0.4) is 0 Å². The molecule has 0 saturated heterocycles. The number of nitrogens with two attached hydrogens (primary N) is 1. The topological polar surface area (TPSA) is 75.4 Å². The molecule has 7 heteroatoms. The van der Waals surface area contributed by atoms with Gasteiger partial charge in [-0.1, -0.05) is 13.8 Å². The minimum Gasteiger partial charge on any atom is -0.396 e. The first-order valence-corrected chi connectivity index (χ1v) is 8.25. The largest absolute Gasteiger partial charge is 0.396 e. The third kappa shape index (κ3) is 4.66. The molecule has 120 valence electrons. The predicted molar refractivity (Wildman–Crippen MR) is 83.1 cm³/mol. The Kier molecular flexibility index (Phi) is 5.72. The fraction of sp³-hybridized carbons (Fsp3) is 0.571. The first-order valence-electron chi connectivity index (χ1n) is 6.77. The van der Waals surface area contributed by atoms with Gasteiger partial charge in [-0.25, -0.2) is 17.5 Å². The van der Waals surface area contributed by atoms with Gasteiger partial charge in [-0.15, -0.1) is 0 Å². The highest BCUT2D eigenvalue weighted by molar-refractivity contribution is 7.89. The minimum atomic E-state index is -3.74. The van der Waals surface area contributed by atoms with Crippen LogP contribution in [0.2, 0.25) is 0 Å². The summed E-state index contributed by atoms with van der Waals surface area (Å²) in [4.78, 5) is 1.94. The molecule has 0 radical (unpaired) electrons. The van der Waals surface area contributed by atoms with Gasteiger partial charge < -0.3 is 10.6 Å². The molecule has 0 saturated carbocycles. The van der Waals surface area contributed by atoms with Gasteiger partial charge in [0.2, 0.25) is 10.0 Å². The van der Waals surface area contributed by atoms with E-state index >= 15 is 0 Å². The molecule has 0 heterocycles. The Balaban J connectivity index is 3.13. The number of rotatable bonds is 6. The normalized spacial score (nSPS) is 13.9. The molecule has 0 bridgehead atoms. The molecule has 1 unspecified atom stereocenters. The average Bonchev–Trinajstić information content (AvgIpc) is 2.31. The highest BCUT2D eigenvalue weighted by Crippen LogP contribution is 2.22. The molecule has 0 amide bonds. The molecule has 0 fully saturated rings. The summed E-state index contributed by atoms with van der Waals surface area (Å²) in [6.07, 6.45) is 0. The van der Waals surface area contributed by atoms with E-state index in [1.807, 2.05) is 32.8 Å². The van der Waals surface area contributed by atoms with Crippen LogP contribution in [0.15, 0.2) is 17.0 Å². The summed E-state index contributed by atoms with van der Waals surface area (Å²) >= 11 is 0. The molecule has 0 aliphatic heterocycles. The van der Waals surface area contributed by atoms with Crippen LogP contribution < -0.4 is 10.5 Å². The van der Waals surface area contributed by atoms with Crippen molar-refractivity contribution in [3.63, 3.8) is 0 Å². The number of nitrogens with zero attached hydrogens (tertiary/aromatic N) is 1. The number of nitrogen functional groups attached to an aromatic ring is 1. The summed E-state index contributed by atoms with van der Waals surface area (Å²) in [7, 11) is 0.0161. The number of aryl methyl sites for hydroxylation is 1. The molecule has 1 rings (SSSR count). The van der Waals surface area contributed by atoms with Crippen molar-refractivity contribution >= 4 is 15.7 Å². The highest BCUT2D eigenvalue weighted by atomic mass is 32.2. The molecule has 1 aromatic carbocycles. The molecular weight excluding hydrogens is 293 g/mol. The van der Waals surface area contributed by atoms with Crippen LogP contribution in [-0.4, -0.2) is 40.0 Å². The smallest absolute Gasteiger partial charge is 0.241 e. The van der Waals surface area contributed by atoms with Crippen LogP contribution in [0.25, 0.3) is 0 Å². The second-order valence-electron chi connectivity index (χ2n) is 5.87. The lowest BCUT2D eigenvalue weighted by Crippen LogP contribution is -2.45. The van der Waals surface area contributed by atoms with E-state index in [4.69, 9.17) is 5.73 Å². The number of anilines is 1. The highest BCUT2D eigenvalue weighted by Gasteiger charge is 2.25. The van der Waals surface area contributed by atoms with E-state index in [9.17, 15) is 12.8 Å².